The molecule has 1 N–H and O–H groups in total. The van der Waals surface area contributed by atoms with Gasteiger partial charge in [0, 0.05) is 29.7 Å². The Morgan fingerprint density at radius 3 is 2.80 bits per heavy atom. The van der Waals surface area contributed by atoms with E-state index in [9.17, 15) is 10.1 Å². The zero-order chi connectivity index (χ0) is 14.7. The van der Waals surface area contributed by atoms with E-state index in [1.165, 1.54) is 30.5 Å². The smallest absolute Gasteiger partial charge is 0.270 e. The lowest BCUT2D eigenvalue weighted by Gasteiger charge is -2.13. The Kier molecular flexibility index (Phi) is 4.78. The number of nitro benzene ring substituents is 1. The van der Waals surface area contributed by atoms with Crippen molar-refractivity contribution in [1.82, 2.24) is 5.32 Å². The summed E-state index contributed by atoms with van der Waals surface area (Å²) in [7, 11) is 0. The summed E-state index contributed by atoms with van der Waals surface area (Å²) in [4.78, 5) is 10.4. The van der Waals surface area contributed by atoms with Crippen LogP contribution in [0.5, 0.6) is 0 Å². The van der Waals surface area contributed by atoms with Crippen LogP contribution in [0.25, 0.3) is 6.08 Å². The quantitative estimate of drug-likeness (QED) is 0.636. The summed E-state index contributed by atoms with van der Waals surface area (Å²) in [5, 5.41) is 14.8. The third-order valence-electron chi connectivity index (χ3n) is 3.45. The van der Waals surface area contributed by atoms with Gasteiger partial charge in [0.25, 0.3) is 5.69 Å². The van der Waals surface area contributed by atoms with Crippen molar-refractivity contribution < 1.29 is 4.92 Å². The molecule has 1 aliphatic rings. The van der Waals surface area contributed by atoms with Gasteiger partial charge < -0.3 is 5.32 Å². The third kappa shape index (κ3) is 4.05. The summed E-state index contributed by atoms with van der Waals surface area (Å²) < 4.78 is 0. The zero-order valence-corrected chi connectivity index (χ0v) is 12.5. The Hall–Kier alpha value is -1.39. The minimum absolute atomic E-state index is 0.0684. The summed E-state index contributed by atoms with van der Waals surface area (Å²) in [6.07, 6.45) is 4.45. The molecule has 0 saturated heterocycles. The molecular weight excluding hydrogens is 276 g/mol. The fraction of sp³-hybridized carbons (Fsp3) is 0.467. The van der Waals surface area contributed by atoms with Crippen molar-refractivity contribution >= 4 is 23.4 Å². The number of halogens is 1. The molecule has 0 spiro atoms. The van der Waals surface area contributed by atoms with E-state index in [0.29, 0.717) is 22.5 Å². The molecule has 0 amide bonds. The Morgan fingerprint density at radius 1 is 1.55 bits per heavy atom. The molecule has 0 unspecified atom stereocenters. The molecule has 108 valence electrons. The second kappa shape index (κ2) is 6.37. The van der Waals surface area contributed by atoms with Gasteiger partial charge in [-0.3, -0.25) is 10.1 Å². The second-order valence-electron chi connectivity index (χ2n) is 5.49. The molecule has 0 atom stereocenters. The van der Waals surface area contributed by atoms with Gasteiger partial charge in [0.15, 0.2) is 0 Å². The highest BCUT2D eigenvalue weighted by molar-refractivity contribution is 6.32. The van der Waals surface area contributed by atoms with Gasteiger partial charge in [0.1, 0.15) is 0 Å². The summed E-state index contributed by atoms with van der Waals surface area (Å²) >= 11 is 6.14. The molecule has 1 aromatic rings. The lowest BCUT2D eigenvalue weighted by atomic mass is 10.00. The Bertz CT molecular complexity index is 537. The predicted molar refractivity (Wildman–Crippen MR) is 81.9 cm³/mol. The maximum Gasteiger partial charge on any atom is 0.270 e. The first kappa shape index (κ1) is 15.0. The van der Waals surface area contributed by atoms with Crippen LogP contribution in [0, 0.1) is 16.0 Å². The molecule has 1 fully saturated rings. The number of rotatable bonds is 6. The predicted octanol–water partition coefficient (Wildman–Crippen LogP) is 4.04. The van der Waals surface area contributed by atoms with Crippen molar-refractivity contribution in [3.8, 4) is 0 Å². The maximum atomic E-state index is 10.8. The van der Waals surface area contributed by atoms with E-state index in [0.717, 1.165) is 6.54 Å². The van der Waals surface area contributed by atoms with Crippen molar-refractivity contribution in [2.24, 2.45) is 5.92 Å². The van der Waals surface area contributed by atoms with E-state index in [4.69, 9.17) is 11.6 Å². The number of benzene rings is 1. The molecule has 0 bridgehead atoms. The maximum absolute atomic E-state index is 10.8. The van der Waals surface area contributed by atoms with Gasteiger partial charge in [0.05, 0.1) is 4.92 Å². The molecule has 0 heterocycles. The van der Waals surface area contributed by atoms with Crippen molar-refractivity contribution in [1.29, 1.82) is 0 Å². The standard InChI is InChI=1S/C15H19ClN2O2/c1-10(2)12(9-17-13-3-4-13)7-11-8-14(18(19)20)5-6-15(11)16/h5-8,10,13,17H,3-4,9H2,1-2H3. The molecule has 4 nitrogen and oxygen atoms in total. The van der Waals surface area contributed by atoms with Gasteiger partial charge in [-0.25, -0.2) is 0 Å². The van der Waals surface area contributed by atoms with E-state index < -0.39 is 4.92 Å². The van der Waals surface area contributed by atoms with Crippen molar-refractivity contribution in [2.45, 2.75) is 32.7 Å². The van der Waals surface area contributed by atoms with Gasteiger partial charge in [-0.1, -0.05) is 37.1 Å². The summed E-state index contributed by atoms with van der Waals surface area (Å²) in [6, 6.07) is 5.18. The lowest BCUT2D eigenvalue weighted by Crippen LogP contribution is -2.21. The fourth-order valence-electron chi connectivity index (χ4n) is 1.93. The highest BCUT2D eigenvalue weighted by atomic mass is 35.5. The van der Waals surface area contributed by atoms with E-state index >= 15 is 0 Å². The second-order valence-corrected chi connectivity index (χ2v) is 5.90. The lowest BCUT2D eigenvalue weighted by molar-refractivity contribution is -0.384. The van der Waals surface area contributed by atoms with Crippen LogP contribution in [0.3, 0.4) is 0 Å². The fourth-order valence-corrected chi connectivity index (χ4v) is 2.10. The average Bonchev–Trinajstić information content (AvgIpc) is 3.19. The van der Waals surface area contributed by atoms with Crippen LogP contribution in [0.1, 0.15) is 32.3 Å². The molecule has 20 heavy (non-hydrogen) atoms. The topological polar surface area (TPSA) is 55.2 Å². The van der Waals surface area contributed by atoms with Gasteiger partial charge >= 0.3 is 0 Å². The van der Waals surface area contributed by atoms with Crippen molar-refractivity contribution in [2.75, 3.05) is 6.54 Å². The largest absolute Gasteiger partial charge is 0.310 e. The van der Waals surface area contributed by atoms with Gasteiger partial charge in [-0.05, 0) is 30.4 Å². The number of non-ortho nitro benzene ring substituents is 1. The highest BCUT2D eigenvalue weighted by Crippen LogP contribution is 2.26. The van der Waals surface area contributed by atoms with Gasteiger partial charge in [-0.2, -0.15) is 0 Å². The van der Waals surface area contributed by atoms with Crippen LogP contribution in [0.15, 0.2) is 23.8 Å². The van der Waals surface area contributed by atoms with Crippen LogP contribution in [0.4, 0.5) is 5.69 Å². The Morgan fingerprint density at radius 2 is 2.25 bits per heavy atom. The molecule has 1 saturated carbocycles. The summed E-state index contributed by atoms with van der Waals surface area (Å²) in [5.74, 6) is 0.372. The van der Waals surface area contributed by atoms with Crippen LogP contribution < -0.4 is 5.32 Å². The highest BCUT2D eigenvalue weighted by Gasteiger charge is 2.21. The SMILES string of the molecule is CC(C)C(=Cc1cc([N+](=O)[O-])ccc1Cl)CNC1CC1. The first-order chi connectivity index (χ1) is 9.47. The minimum Gasteiger partial charge on any atom is -0.310 e. The summed E-state index contributed by atoms with van der Waals surface area (Å²) in [5.41, 5.74) is 1.99. The van der Waals surface area contributed by atoms with E-state index in [1.54, 1.807) is 6.07 Å². The Balaban J connectivity index is 2.23. The number of hydrogen-bond donors (Lipinski definition) is 1. The van der Waals surface area contributed by atoms with Gasteiger partial charge in [0.2, 0.25) is 0 Å². The summed E-state index contributed by atoms with van der Waals surface area (Å²) in [6.45, 7) is 5.04. The molecule has 1 aliphatic carbocycles. The monoisotopic (exact) mass is 294 g/mol. The Labute approximate surface area is 124 Å². The number of nitrogens with one attached hydrogen (secondary N) is 1. The molecule has 0 aromatic heterocycles. The third-order valence-corrected chi connectivity index (χ3v) is 3.79. The van der Waals surface area contributed by atoms with Crippen LogP contribution in [-0.2, 0) is 0 Å². The number of nitro groups is 1. The van der Waals surface area contributed by atoms with Gasteiger partial charge in [-0.15, -0.1) is 0 Å². The van der Waals surface area contributed by atoms with E-state index in [1.807, 2.05) is 6.08 Å². The molecule has 0 aliphatic heterocycles. The van der Waals surface area contributed by atoms with E-state index in [-0.39, 0.29) is 5.69 Å². The number of hydrogen-bond acceptors (Lipinski definition) is 3. The normalized spacial score (nSPS) is 15.7. The zero-order valence-electron chi connectivity index (χ0n) is 11.7. The first-order valence-electron chi connectivity index (χ1n) is 6.85. The van der Waals surface area contributed by atoms with Crippen molar-refractivity contribution in [3.05, 3.63) is 44.5 Å². The van der Waals surface area contributed by atoms with E-state index in [2.05, 4.69) is 19.2 Å². The molecule has 2 rings (SSSR count). The average molecular weight is 295 g/mol. The van der Waals surface area contributed by atoms with Crippen LogP contribution in [-0.4, -0.2) is 17.5 Å². The van der Waals surface area contributed by atoms with Crippen LogP contribution in [0.2, 0.25) is 5.02 Å². The molecule has 1 aromatic carbocycles. The molecular formula is C15H19ClN2O2. The molecule has 0 radical (unpaired) electrons. The number of nitrogens with zero attached hydrogens (tertiary/aromatic N) is 1. The van der Waals surface area contributed by atoms with Crippen LogP contribution >= 0.6 is 11.6 Å². The minimum atomic E-state index is -0.398. The molecule has 5 heteroatoms. The van der Waals surface area contributed by atoms with Crippen molar-refractivity contribution in [3.63, 3.8) is 0 Å². The first-order valence-corrected chi connectivity index (χ1v) is 7.23.